The summed E-state index contributed by atoms with van der Waals surface area (Å²) in [7, 11) is 0. The van der Waals surface area contributed by atoms with Crippen LogP contribution in [0.15, 0.2) is 30.5 Å². The summed E-state index contributed by atoms with van der Waals surface area (Å²) in [5.74, 6) is 0.842. The van der Waals surface area contributed by atoms with Crippen LogP contribution >= 0.6 is 0 Å². The summed E-state index contributed by atoms with van der Waals surface area (Å²) >= 11 is 0. The van der Waals surface area contributed by atoms with Gasteiger partial charge in [-0.25, -0.2) is 4.98 Å². The van der Waals surface area contributed by atoms with E-state index < -0.39 is 0 Å². The van der Waals surface area contributed by atoms with Gasteiger partial charge in [0.1, 0.15) is 5.82 Å². The molecule has 1 N–H and O–H groups in total. The Morgan fingerprint density at radius 1 is 1.21 bits per heavy atom. The lowest BCUT2D eigenvalue weighted by atomic mass is 10.1. The molecule has 1 aromatic carbocycles. The molecule has 2 heterocycles. The average Bonchev–Trinajstić information content (AvgIpc) is 2.48. The van der Waals surface area contributed by atoms with E-state index in [9.17, 15) is 0 Å². The van der Waals surface area contributed by atoms with Crippen LogP contribution in [-0.2, 0) is 4.74 Å². The van der Waals surface area contributed by atoms with Crippen molar-refractivity contribution in [3.63, 3.8) is 0 Å². The fourth-order valence-corrected chi connectivity index (χ4v) is 2.44. The highest BCUT2D eigenvalue weighted by Gasteiger charge is 2.13. The van der Waals surface area contributed by atoms with Crippen LogP contribution in [0.25, 0.3) is 11.0 Å². The van der Waals surface area contributed by atoms with Crippen molar-refractivity contribution in [1.82, 2.24) is 9.97 Å². The van der Waals surface area contributed by atoms with E-state index in [2.05, 4.69) is 15.3 Å². The van der Waals surface area contributed by atoms with Crippen LogP contribution in [0.1, 0.15) is 25.7 Å². The second-order valence-corrected chi connectivity index (χ2v) is 4.95. The van der Waals surface area contributed by atoms with Gasteiger partial charge in [-0.3, -0.25) is 4.98 Å². The van der Waals surface area contributed by atoms with Crippen LogP contribution in [0.2, 0.25) is 0 Å². The predicted molar refractivity (Wildman–Crippen MR) is 76.2 cm³/mol. The highest BCUT2D eigenvalue weighted by molar-refractivity contribution is 5.75. The van der Waals surface area contributed by atoms with Crippen LogP contribution in [0.3, 0.4) is 0 Å². The van der Waals surface area contributed by atoms with Gasteiger partial charge in [0.05, 0.1) is 23.3 Å². The molecular weight excluding hydrogens is 238 g/mol. The van der Waals surface area contributed by atoms with Gasteiger partial charge >= 0.3 is 0 Å². The Kier molecular flexibility index (Phi) is 3.89. The summed E-state index contributed by atoms with van der Waals surface area (Å²) in [5.41, 5.74) is 1.87. The molecule has 1 aliphatic heterocycles. The SMILES string of the molecule is c1ccc2nc(NCCC3CCCCO3)cnc2c1. The van der Waals surface area contributed by atoms with E-state index in [1.807, 2.05) is 24.3 Å². The number of fused-ring (bicyclic) bond motifs is 1. The van der Waals surface area contributed by atoms with Gasteiger partial charge < -0.3 is 10.1 Å². The Morgan fingerprint density at radius 3 is 2.95 bits per heavy atom. The smallest absolute Gasteiger partial charge is 0.145 e. The Hall–Kier alpha value is -1.68. The number of nitrogens with one attached hydrogen (secondary N) is 1. The summed E-state index contributed by atoms with van der Waals surface area (Å²) in [5, 5.41) is 3.33. The quantitative estimate of drug-likeness (QED) is 0.914. The molecule has 1 aromatic heterocycles. The van der Waals surface area contributed by atoms with Crippen molar-refractivity contribution in [2.45, 2.75) is 31.8 Å². The Morgan fingerprint density at radius 2 is 2.11 bits per heavy atom. The topological polar surface area (TPSA) is 47.0 Å². The molecule has 0 aliphatic carbocycles. The number of hydrogen-bond acceptors (Lipinski definition) is 4. The van der Waals surface area contributed by atoms with Gasteiger partial charge in [-0.1, -0.05) is 12.1 Å². The van der Waals surface area contributed by atoms with Crippen LogP contribution in [-0.4, -0.2) is 29.2 Å². The van der Waals surface area contributed by atoms with E-state index in [-0.39, 0.29) is 0 Å². The lowest BCUT2D eigenvalue weighted by Gasteiger charge is -2.22. The zero-order chi connectivity index (χ0) is 12.9. The summed E-state index contributed by atoms with van der Waals surface area (Å²) in [4.78, 5) is 8.93. The second-order valence-electron chi connectivity index (χ2n) is 4.95. The van der Waals surface area contributed by atoms with Crippen molar-refractivity contribution in [3.8, 4) is 0 Å². The molecule has 19 heavy (non-hydrogen) atoms. The maximum atomic E-state index is 5.71. The van der Waals surface area contributed by atoms with Gasteiger partial charge in [-0.05, 0) is 37.8 Å². The van der Waals surface area contributed by atoms with Crippen molar-refractivity contribution in [2.75, 3.05) is 18.5 Å². The zero-order valence-corrected chi connectivity index (χ0v) is 11.0. The first-order chi connectivity index (χ1) is 9.42. The first-order valence-electron chi connectivity index (χ1n) is 6.99. The molecule has 0 spiro atoms. The van der Waals surface area contributed by atoms with E-state index in [1.165, 1.54) is 19.3 Å². The molecule has 2 aromatic rings. The molecule has 1 fully saturated rings. The number of anilines is 1. The van der Waals surface area contributed by atoms with Crippen LogP contribution < -0.4 is 5.32 Å². The van der Waals surface area contributed by atoms with Gasteiger partial charge in [0.25, 0.3) is 0 Å². The monoisotopic (exact) mass is 257 g/mol. The van der Waals surface area contributed by atoms with Gasteiger partial charge in [0, 0.05) is 13.2 Å². The molecule has 1 saturated heterocycles. The number of hydrogen-bond donors (Lipinski definition) is 1. The van der Waals surface area contributed by atoms with E-state index in [1.54, 1.807) is 6.20 Å². The first kappa shape index (κ1) is 12.4. The number of para-hydroxylation sites is 2. The van der Waals surface area contributed by atoms with Gasteiger partial charge in [0.15, 0.2) is 0 Å². The molecule has 1 unspecified atom stereocenters. The fraction of sp³-hybridized carbons (Fsp3) is 0.467. The molecule has 3 rings (SSSR count). The van der Waals surface area contributed by atoms with Crippen molar-refractivity contribution < 1.29 is 4.74 Å². The summed E-state index contributed by atoms with van der Waals surface area (Å²) < 4.78 is 5.71. The van der Waals surface area contributed by atoms with Crippen molar-refractivity contribution >= 4 is 16.9 Å². The molecular formula is C15H19N3O. The lowest BCUT2D eigenvalue weighted by Crippen LogP contribution is -2.22. The lowest BCUT2D eigenvalue weighted by molar-refractivity contribution is 0.0134. The van der Waals surface area contributed by atoms with Crippen LogP contribution in [0.4, 0.5) is 5.82 Å². The highest BCUT2D eigenvalue weighted by atomic mass is 16.5. The Labute approximate surface area is 113 Å². The normalized spacial score (nSPS) is 19.5. The molecule has 0 radical (unpaired) electrons. The van der Waals surface area contributed by atoms with Crippen molar-refractivity contribution in [1.29, 1.82) is 0 Å². The van der Waals surface area contributed by atoms with Gasteiger partial charge in [0.2, 0.25) is 0 Å². The van der Waals surface area contributed by atoms with E-state index >= 15 is 0 Å². The third-order valence-electron chi connectivity index (χ3n) is 3.49. The predicted octanol–water partition coefficient (Wildman–Crippen LogP) is 3.00. The molecule has 4 nitrogen and oxygen atoms in total. The second kappa shape index (κ2) is 5.97. The molecule has 1 atom stereocenters. The van der Waals surface area contributed by atoms with Gasteiger partial charge in [-0.2, -0.15) is 0 Å². The molecule has 0 amide bonds. The maximum absolute atomic E-state index is 5.71. The Bertz CT molecular complexity index is 538. The summed E-state index contributed by atoms with van der Waals surface area (Å²) in [6, 6.07) is 7.92. The zero-order valence-electron chi connectivity index (χ0n) is 11.0. The number of ether oxygens (including phenoxy) is 1. The molecule has 0 bridgehead atoms. The average molecular weight is 257 g/mol. The molecule has 100 valence electrons. The minimum atomic E-state index is 0.412. The minimum absolute atomic E-state index is 0.412. The minimum Gasteiger partial charge on any atom is -0.378 e. The standard InChI is InChI=1S/C15H19N3O/c1-2-7-14-13(6-1)17-11-15(18-14)16-9-8-12-5-3-4-10-19-12/h1-2,6-7,11-12H,3-5,8-10H2,(H,16,18). The fourth-order valence-electron chi connectivity index (χ4n) is 2.44. The van der Waals surface area contributed by atoms with E-state index in [0.717, 1.165) is 36.4 Å². The van der Waals surface area contributed by atoms with Gasteiger partial charge in [-0.15, -0.1) is 0 Å². The van der Waals surface area contributed by atoms with Crippen LogP contribution in [0, 0.1) is 0 Å². The van der Waals surface area contributed by atoms with Crippen LogP contribution in [0.5, 0.6) is 0 Å². The van der Waals surface area contributed by atoms with E-state index in [4.69, 9.17) is 4.74 Å². The largest absolute Gasteiger partial charge is 0.378 e. The number of nitrogens with zero attached hydrogens (tertiary/aromatic N) is 2. The first-order valence-corrected chi connectivity index (χ1v) is 6.99. The number of rotatable bonds is 4. The maximum Gasteiger partial charge on any atom is 0.145 e. The number of aromatic nitrogens is 2. The van der Waals surface area contributed by atoms with E-state index in [0.29, 0.717) is 6.10 Å². The third-order valence-corrected chi connectivity index (χ3v) is 3.49. The molecule has 1 aliphatic rings. The summed E-state index contributed by atoms with van der Waals surface area (Å²) in [6.07, 6.45) is 6.93. The highest BCUT2D eigenvalue weighted by Crippen LogP contribution is 2.16. The van der Waals surface area contributed by atoms with Crippen molar-refractivity contribution in [3.05, 3.63) is 30.5 Å². The Balaban J connectivity index is 1.56. The third kappa shape index (κ3) is 3.20. The molecule has 0 saturated carbocycles. The summed E-state index contributed by atoms with van der Waals surface area (Å²) in [6.45, 7) is 1.80. The molecule has 4 heteroatoms. The van der Waals surface area contributed by atoms with Crippen molar-refractivity contribution in [2.24, 2.45) is 0 Å². The number of benzene rings is 1.